The minimum atomic E-state index is -0.902. The van der Waals surface area contributed by atoms with E-state index < -0.39 is 23.6 Å². The van der Waals surface area contributed by atoms with Crippen LogP contribution in [0.4, 0.5) is 5.13 Å². The molecule has 0 bridgehead atoms. The second kappa shape index (κ2) is 19.5. The highest BCUT2D eigenvalue weighted by molar-refractivity contribution is 7.98. The van der Waals surface area contributed by atoms with Crippen molar-refractivity contribution in [1.29, 1.82) is 0 Å². The van der Waals surface area contributed by atoms with Crippen LogP contribution < -0.4 is 15.4 Å². The lowest BCUT2D eigenvalue weighted by Crippen LogP contribution is -2.56. The zero-order chi connectivity index (χ0) is 37.0. The zero-order valence-corrected chi connectivity index (χ0v) is 32.6. The van der Waals surface area contributed by atoms with Gasteiger partial charge in [-0.1, -0.05) is 70.0 Å². The average Bonchev–Trinajstić information content (AvgIpc) is 4.00. The van der Waals surface area contributed by atoms with E-state index in [9.17, 15) is 19.2 Å². The minimum Gasteiger partial charge on any atom is -0.481 e. The Labute approximate surface area is 312 Å². The first-order valence-electron chi connectivity index (χ1n) is 18.8. The van der Waals surface area contributed by atoms with Crippen molar-refractivity contribution in [2.24, 2.45) is 5.92 Å². The number of allylic oxidation sites excluding steroid dienone is 1. The monoisotopic (exact) mass is 739 g/mol. The Morgan fingerprint density at radius 2 is 1.71 bits per heavy atom. The highest BCUT2D eigenvalue weighted by Crippen LogP contribution is 2.46. The van der Waals surface area contributed by atoms with Gasteiger partial charge in [-0.2, -0.15) is 0 Å². The summed E-state index contributed by atoms with van der Waals surface area (Å²) >= 11 is 3.04. The molecule has 4 aliphatic rings. The average molecular weight is 740 g/mol. The standard InChI is InChI=1S/C26H37N5O3S2.C10H14.C3H6O2/c1-16-17(2)35-25(27-16)28-20-10-7-5-3-4-6-9-18-15-26(18,24(34)30-36-19-12-13-19)29-22(32)21-11-8-14-31(21)23(20)33;1-3-9-7-5-6-8-10(9)4-2;1-2-3(4)5/h6,9,18-21H,3-5,7-8,10-15H2,1-2H3,(H,27,28)(H,29,32)(H,30,34);5-8H,3-4H2,1-2H3;2H2,1H3,(H,4,5)/b9-6-;;/t18-,20+,21?,26-;;/m1../s1. The van der Waals surface area contributed by atoms with Crippen LogP contribution in [0.3, 0.4) is 0 Å². The number of carboxylic acid groups (broad SMARTS) is 1. The van der Waals surface area contributed by atoms with E-state index in [1.165, 1.54) is 23.1 Å². The Bertz CT molecular complexity index is 1480. The summed E-state index contributed by atoms with van der Waals surface area (Å²) in [6.07, 6.45) is 15.7. The van der Waals surface area contributed by atoms with Crippen LogP contribution in [0.15, 0.2) is 36.4 Å². The van der Waals surface area contributed by atoms with Gasteiger partial charge >= 0.3 is 5.97 Å². The highest BCUT2D eigenvalue weighted by Gasteiger charge is 2.61. The molecule has 1 aromatic heterocycles. The van der Waals surface area contributed by atoms with Crippen LogP contribution >= 0.6 is 23.3 Å². The molecule has 3 heterocycles. The van der Waals surface area contributed by atoms with E-state index in [4.69, 9.17) is 5.11 Å². The van der Waals surface area contributed by atoms with Crippen LogP contribution in [0.5, 0.6) is 0 Å². The van der Waals surface area contributed by atoms with E-state index in [0.717, 1.165) is 73.5 Å². The van der Waals surface area contributed by atoms with Crippen LogP contribution in [0, 0.1) is 19.8 Å². The molecule has 6 rings (SSSR count). The summed E-state index contributed by atoms with van der Waals surface area (Å²) in [5.41, 5.74) is 3.05. The molecular weight excluding hydrogens is 683 g/mol. The lowest BCUT2D eigenvalue weighted by atomic mass is 10.0. The molecule has 51 heavy (non-hydrogen) atoms. The van der Waals surface area contributed by atoms with E-state index in [1.54, 1.807) is 23.2 Å². The van der Waals surface area contributed by atoms with Crippen molar-refractivity contribution in [2.75, 3.05) is 11.9 Å². The number of carboxylic acids is 1. The van der Waals surface area contributed by atoms with Gasteiger partial charge in [0.2, 0.25) is 11.8 Å². The number of carbonyl (C=O) groups is 4. The zero-order valence-electron chi connectivity index (χ0n) is 31.0. The summed E-state index contributed by atoms with van der Waals surface area (Å²) in [7, 11) is 0. The van der Waals surface area contributed by atoms with Gasteiger partial charge in [0, 0.05) is 29.0 Å². The van der Waals surface area contributed by atoms with E-state index >= 15 is 0 Å². The molecule has 4 atom stereocenters. The van der Waals surface area contributed by atoms with Crippen molar-refractivity contribution in [2.45, 2.75) is 141 Å². The van der Waals surface area contributed by atoms with Gasteiger partial charge in [0.1, 0.15) is 17.6 Å². The minimum absolute atomic E-state index is 0.00253. The predicted molar refractivity (Wildman–Crippen MR) is 207 cm³/mol. The Morgan fingerprint density at radius 1 is 1.02 bits per heavy atom. The summed E-state index contributed by atoms with van der Waals surface area (Å²) in [4.78, 5) is 57.3. The second-order valence-electron chi connectivity index (χ2n) is 13.9. The number of amides is 3. The smallest absolute Gasteiger partial charge is 0.303 e. The van der Waals surface area contributed by atoms with Gasteiger partial charge in [-0.25, -0.2) is 4.98 Å². The molecule has 1 saturated heterocycles. The van der Waals surface area contributed by atoms with Crippen LogP contribution in [-0.4, -0.2) is 68.1 Å². The molecule has 12 heteroatoms. The van der Waals surface area contributed by atoms with Crippen molar-refractivity contribution in [1.82, 2.24) is 19.9 Å². The summed E-state index contributed by atoms with van der Waals surface area (Å²) < 4.78 is 3.00. The van der Waals surface area contributed by atoms with Crippen molar-refractivity contribution in [3.05, 3.63) is 58.1 Å². The van der Waals surface area contributed by atoms with Crippen LogP contribution in [0.25, 0.3) is 0 Å². The number of rotatable bonds is 8. The fourth-order valence-electron chi connectivity index (χ4n) is 6.44. The Morgan fingerprint density at radius 3 is 2.29 bits per heavy atom. The maximum atomic E-state index is 13.8. The number of nitrogens with zero attached hydrogens (tertiary/aromatic N) is 2. The number of hydrogen-bond acceptors (Lipinski definition) is 8. The fraction of sp³-hybridized carbons (Fsp3) is 0.615. The van der Waals surface area contributed by atoms with Gasteiger partial charge in [0.15, 0.2) is 5.13 Å². The van der Waals surface area contributed by atoms with Gasteiger partial charge in [-0.05, 0) is 101 Å². The number of anilines is 1. The lowest BCUT2D eigenvalue weighted by Gasteiger charge is -2.30. The van der Waals surface area contributed by atoms with Gasteiger partial charge in [-0.3, -0.25) is 23.9 Å². The van der Waals surface area contributed by atoms with Crippen LogP contribution in [-0.2, 0) is 32.0 Å². The third-order valence-electron chi connectivity index (χ3n) is 9.99. The van der Waals surface area contributed by atoms with Gasteiger partial charge in [0.05, 0.1) is 5.69 Å². The molecule has 10 nitrogen and oxygen atoms in total. The van der Waals surface area contributed by atoms with Crippen LogP contribution in [0.2, 0.25) is 0 Å². The Kier molecular flexibility index (Phi) is 15.4. The fourth-order valence-corrected chi connectivity index (χ4v) is 8.13. The summed E-state index contributed by atoms with van der Waals surface area (Å²) in [5, 5.41) is 15.5. The molecule has 2 aromatic rings. The third kappa shape index (κ3) is 11.6. The summed E-state index contributed by atoms with van der Waals surface area (Å²) in [6, 6.07) is 7.68. The van der Waals surface area contributed by atoms with Crippen molar-refractivity contribution >= 4 is 52.1 Å². The molecule has 0 radical (unpaired) electrons. The third-order valence-corrected chi connectivity index (χ3v) is 12.1. The van der Waals surface area contributed by atoms with Gasteiger partial charge < -0.3 is 20.6 Å². The van der Waals surface area contributed by atoms with Gasteiger partial charge in [0.25, 0.3) is 5.91 Å². The predicted octanol–water partition coefficient (Wildman–Crippen LogP) is 7.15. The topological polar surface area (TPSA) is 141 Å². The molecule has 2 saturated carbocycles. The quantitative estimate of drug-likeness (QED) is 0.165. The van der Waals surface area contributed by atoms with E-state index in [2.05, 4.69) is 70.6 Å². The number of aliphatic carboxylic acids is 1. The molecule has 0 spiro atoms. The number of benzene rings is 1. The number of thiazole rings is 1. The lowest BCUT2D eigenvalue weighted by molar-refractivity contribution is -0.140. The number of hydrogen-bond donors (Lipinski definition) is 4. The summed E-state index contributed by atoms with van der Waals surface area (Å²) in [5.74, 6) is -1.11. The van der Waals surface area contributed by atoms with E-state index in [1.807, 2.05) is 13.8 Å². The maximum absolute atomic E-state index is 13.8. The number of carbonyl (C=O) groups excluding carboxylic acids is 3. The first-order valence-corrected chi connectivity index (χ1v) is 20.5. The maximum Gasteiger partial charge on any atom is 0.303 e. The first kappa shape index (κ1) is 40.4. The number of nitrogens with one attached hydrogen (secondary N) is 3. The molecule has 4 N–H and O–H groups in total. The SMILES string of the molecule is CCC(=O)O.CCc1ccccc1CC.Cc1nc(N[C@H]2CCCCC/C=C\[C@@H]3C[C@@]3(C(=O)NSC3CC3)NC(=O)C3CCCN3C2=O)sc1C. The first-order chi connectivity index (χ1) is 24.5. The molecule has 1 aromatic carbocycles. The van der Waals surface area contributed by atoms with E-state index in [-0.39, 0.29) is 30.1 Å². The molecule has 3 fully saturated rings. The number of fused-ring (bicyclic) bond motifs is 2. The summed E-state index contributed by atoms with van der Waals surface area (Å²) in [6.45, 7) is 10.6. The number of aromatic nitrogens is 1. The largest absolute Gasteiger partial charge is 0.481 e. The molecule has 280 valence electrons. The van der Waals surface area contributed by atoms with Crippen molar-refractivity contribution in [3.8, 4) is 0 Å². The molecular formula is C39H57N5O5S2. The Balaban J connectivity index is 0.000000324. The Hall–Kier alpha value is -3.38. The highest BCUT2D eigenvalue weighted by atomic mass is 32.2. The number of aryl methyl sites for hydroxylation is 4. The van der Waals surface area contributed by atoms with Gasteiger partial charge in [-0.15, -0.1) is 11.3 Å². The van der Waals surface area contributed by atoms with Crippen molar-refractivity contribution < 1.29 is 24.3 Å². The molecule has 1 unspecified atom stereocenters. The normalized spacial score (nSPS) is 25.2. The van der Waals surface area contributed by atoms with Crippen LogP contribution in [0.1, 0.15) is 113 Å². The molecule has 2 aliphatic heterocycles. The molecule has 2 aliphatic carbocycles. The molecule has 3 amide bonds. The van der Waals surface area contributed by atoms with Crippen molar-refractivity contribution in [3.63, 3.8) is 0 Å². The van der Waals surface area contributed by atoms with E-state index in [0.29, 0.717) is 31.1 Å². The second-order valence-corrected chi connectivity index (χ2v) is 16.2.